The fourth-order valence-electron chi connectivity index (χ4n) is 3.13. The number of benzene rings is 1. The van der Waals surface area contributed by atoms with Gasteiger partial charge in [-0.1, -0.05) is 34.4 Å². The molecule has 1 atom stereocenters. The van der Waals surface area contributed by atoms with E-state index in [1.165, 1.54) is 23.4 Å². The summed E-state index contributed by atoms with van der Waals surface area (Å²) < 4.78 is 1.38. The van der Waals surface area contributed by atoms with E-state index >= 15 is 0 Å². The van der Waals surface area contributed by atoms with Crippen LogP contribution in [0, 0.1) is 11.8 Å². The minimum absolute atomic E-state index is 0.0712. The number of urea groups is 1. The number of carbonyl (C=O) groups excluding carboxylic acids is 3. The molecule has 2 aliphatic heterocycles. The number of rotatable bonds is 4. The van der Waals surface area contributed by atoms with Gasteiger partial charge >= 0.3 is 11.9 Å². The van der Waals surface area contributed by atoms with Crippen molar-refractivity contribution < 1.29 is 19.0 Å². The normalized spacial score (nSPS) is 21.6. The Balaban J connectivity index is 1.55. The van der Waals surface area contributed by atoms with E-state index in [-0.39, 0.29) is 23.5 Å². The molecule has 0 radical (unpaired) electrons. The SMILES string of the molecule is CN1C(=O)C2C(SCC(=O)Nc3cccc(Cl)c3)=NC(C3CC3)=NC2=[N+](C)C1=O. The maximum absolute atomic E-state index is 12.8. The van der Waals surface area contributed by atoms with Crippen LogP contribution >= 0.6 is 23.4 Å². The lowest BCUT2D eigenvalue weighted by Crippen LogP contribution is -2.54. The number of amides is 4. The Morgan fingerprint density at radius 2 is 2.10 bits per heavy atom. The molecule has 8 nitrogen and oxygen atoms in total. The lowest BCUT2D eigenvalue weighted by molar-refractivity contribution is -0.407. The summed E-state index contributed by atoms with van der Waals surface area (Å²) in [6, 6.07) is 6.45. The molecule has 2 heterocycles. The van der Waals surface area contributed by atoms with Gasteiger partial charge in [0.25, 0.3) is 5.84 Å². The largest absolute Gasteiger partial charge is 0.445 e. The Morgan fingerprint density at radius 3 is 2.79 bits per heavy atom. The number of carbonyl (C=O) groups is 3. The van der Waals surface area contributed by atoms with E-state index in [9.17, 15) is 14.4 Å². The van der Waals surface area contributed by atoms with Gasteiger partial charge in [0.15, 0.2) is 5.92 Å². The van der Waals surface area contributed by atoms with E-state index < -0.39 is 11.9 Å². The number of aliphatic imine (C=N–C) groups is 2. The van der Waals surface area contributed by atoms with Gasteiger partial charge in [0.2, 0.25) is 11.7 Å². The number of thioether (sulfide) groups is 1. The first-order valence-electron chi connectivity index (χ1n) is 9.12. The molecule has 1 aromatic carbocycles. The second-order valence-corrected chi connectivity index (χ2v) is 8.50. The van der Waals surface area contributed by atoms with Crippen molar-refractivity contribution in [3.05, 3.63) is 29.3 Å². The van der Waals surface area contributed by atoms with E-state index in [4.69, 9.17) is 11.6 Å². The average Bonchev–Trinajstić information content (AvgIpc) is 3.54. The second-order valence-electron chi connectivity index (χ2n) is 7.07. The summed E-state index contributed by atoms with van der Waals surface area (Å²) in [5.74, 6) is -0.0615. The van der Waals surface area contributed by atoms with Crippen LogP contribution < -0.4 is 5.32 Å². The topological polar surface area (TPSA) is 94.2 Å². The molecule has 1 fully saturated rings. The average molecular weight is 433 g/mol. The molecule has 1 aromatic rings. The van der Waals surface area contributed by atoms with Gasteiger partial charge in [0.05, 0.1) is 19.8 Å². The molecule has 1 N–H and O–H groups in total. The summed E-state index contributed by atoms with van der Waals surface area (Å²) in [6.45, 7) is 0. The number of hydrogen-bond donors (Lipinski definition) is 1. The van der Waals surface area contributed by atoms with Gasteiger partial charge in [-0.2, -0.15) is 9.48 Å². The Morgan fingerprint density at radius 1 is 1.34 bits per heavy atom. The fourth-order valence-corrected chi connectivity index (χ4v) is 4.21. The molecule has 10 heteroatoms. The monoisotopic (exact) mass is 432 g/mol. The summed E-state index contributed by atoms with van der Waals surface area (Å²) in [4.78, 5) is 47.6. The summed E-state index contributed by atoms with van der Waals surface area (Å²) in [6.07, 6.45) is 1.97. The third-order valence-electron chi connectivity index (χ3n) is 4.86. The smallest absolute Gasteiger partial charge is 0.325 e. The number of nitrogens with one attached hydrogen (secondary N) is 1. The van der Waals surface area contributed by atoms with Crippen LogP contribution in [0.1, 0.15) is 12.8 Å². The van der Waals surface area contributed by atoms with Crippen molar-refractivity contribution in [2.75, 3.05) is 25.2 Å². The van der Waals surface area contributed by atoms with E-state index in [0.717, 1.165) is 17.7 Å². The van der Waals surface area contributed by atoms with Crippen molar-refractivity contribution in [1.82, 2.24) is 4.90 Å². The molecule has 150 valence electrons. The standard InChI is InChI=1S/C19H18ClN5O3S/c1-24-16-14(18(27)25(2)19(24)28)17(23-15(22-16)10-6-7-10)29-9-13(26)21-12-5-3-4-11(20)8-12/h3-5,8,10,14H,6-7,9H2,1-2H3/p+1. The zero-order chi connectivity index (χ0) is 20.7. The van der Waals surface area contributed by atoms with Crippen molar-refractivity contribution in [3.63, 3.8) is 0 Å². The first-order chi connectivity index (χ1) is 13.8. The van der Waals surface area contributed by atoms with Crippen LogP contribution in [0.5, 0.6) is 0 Å². The fraction of sp³-hybridized carbons (Fsp3) is 0.368. The number of nitrogens with zero attached hydrogens (tertiary/aromatic N) is 4. The summed E-state index contributed by atoms with van der Waals surface area (Å²) in [5, 5.41) is 3.80. The lowest BCUT2D eigenvalue weighted by atomic mass is 10.0. The Labute approximate surface area is 176 Å². The second kappa shape index (κ2) is 7.72. The Hall–Kier alpha value is -2.52. The Bertz CT molecular complexity index is 1010. The number of anilines is 1. The van der Waals surface area contributed by atoms with Crippen LogP contribution in [-0.4, -0.2) is 63.9 Å². The first kappa shape index (κ1) is 19.8. The van der Waals surface area contributed by atoms with Crippen molar-refractivity contribution in [3.8, 4) is 0 Å². The third-order valence-corrected chi connectivity index (χ3v) is 6.12. The van der Waals surface area contributed by atoms with Crippen LogP contribution in [-0.2, 0) is 9.59 Å². The molecule has 4 rings (SSSR count). The van der Waals surface area contributed by atoms with Gasteiger partial charge in [0, 0.05) is 16.6 Å². The summed E-state index contributed by atoms with van der Waals surface area (Å²) in [7, 11) is 3.04. The molecule has 1 aliphatic carbocycles. The van der Waals surface area contributed by atoms with Crippen LogP contribution in [0.4, 0.5) is 10.5 Å². The highest BCUT2D eigenvalue weighted by Gasteiger charge is 2.50. The molecule has 0 aromatic heterocycles. The van der Waals surface area contributed by atoms with Crippen molar-refractivity contribution in [2.45, 2.75) is 12.8 Å². The van der Waals surface area contributed by atoms with Crippen molar-refractivity contribution >= 4 is 63.6 Å². The minimum atomic E-state index is -0.769. The number of fused-ring (bicyclic) bond motifs is 1. The van der Waals surface area contributed by atoms with Crippen LogP contribution in [0.2, 0.25) is 5.02 Å². The van der Waals surface area contributed by atoms with E-state index in [1.54, 1.807) is 31.3 Å². The molecule has 4 amide bonds. The number of hydrogen-bond acceptors (Lipinski definition) is 6. The zero-order valence-corrected chi connectivity index (χ0v) is 17.5. The van der Waals surface area contributed by atoms with Crippen molar-refractivity contribution in [1.29, 1.82) is 0 Å². The number of amidine groups is 2. The van der Waals surface area contributed by atoms with Gasteiger partial charge < -0.3 is 5.32 Å². The van der Waals surface area contributed by atoms with Gasteiger partial charge in [-0.3, -0.25) is 9.59 Å². The summed E-state index contributed by atoms with van der Waals surface area (Å²) >= 11 is 7.13. The number of halogens is 1. The van der Waals surface area contributed by atoms with Crippen LogP contribution in [0.25, 0.3) is 0 Å². The highest BCUT2D eigenvalue weighted by molar-refractivity contribution is 8.14. The van der Waals surface area contributed by atoms with Gasteiger partial charge in [-0.25, -0.2) is 9.79 Å². The predicted octanol–water partition coefficient (Wildman–Crippen LogP) is 2.48. The molecular weight excluding hydrogens is 414 g/mol. The minimum Gasteiger partial charge on any atom is -0.325 e. The molecular formula is C19H19ClN5O3S+. The molecule has 0 bridgehead atoms. The Kier molecular flexibility index (Phi) is 5.26. The van der Waals surface area contributed by atoms with Gasteiger partial charge in [-0.15, -0.1) is 0 Å². The quantitative estimate of drug-likeness (QED) is 0.739. The van der Waals surface area contributed by atoms with Gasteiger partial charge in [0.1, 0.15) is 5.04 Å². The third kappa shape index (κ3) is 3.97. The predicted molar refractivity (Wildman–Crippen MR) is 113 cm³/mol. The maximum Gasteiger partial charge on any atom is 0.445 e. The van der Waals surface area contributed by atoms with E-state index in [0.29, 0.717) is 27.4 Å². The number of imide groups is 1. The molecule has 29 heavy (non-hydrogen) atoms. The van der Waals surface area contributed by atoms with E-state index in [2.05, 4.69) is 15.3 Å². The molecule has 3 aliphatic rings. The van der Waals surface area contributed by atoms with Crippen molar-refractivity contribution in [2.24, 2.45) is 21.8 Å². The van der Waals surface area contributed by atoms with E-state index in [1.807, 2.05) is 0 Å². The molecule has 0 spiro atoms. The molecule has 0 saturated heterocycles. The highest BCUT2D eigenvalue weighted by atomic mass is 35.5. The summed E-state index contributed by atoms with van der Waals surface area (Å²) in [5.41, 5.74) is 0.597. The zero-order valence-electron chi connectivity index (χ0n) is 15.9. The first-order valence-corrected chi connectivity index (χ1v) is 10.5. The van der Waals surface area contributed by atoms with Gasteiger partial charge in [-0.05, 0) is 31.0 Å². The molecule has 1 unspecified atom stereocenters. The molecule has 1 saturated carbocycles. The highest BCUT2D eigenvalue weighted by Crippen LogP contribution is 2.35. The van der Waals surface area contributed by atoms with Crippen LogP contribution in [0.15, 0.2) is 34.3 Å². The lowest BCUT2D eigenvalue weighted by Gasteiger charge is -2.26. The van der Waals surface area contributed by atoms with Crippen LogP contribution in [0.3, 0.4) is 0 Å². The maximum atomic E-state index is 12.8.